The molecular formula is C23H34N8O8S3. The lowest BCUT2D eigenvalue weighted by atomic mass is 9.84. The fraction of sp³-hybridized carbons (Fsp3) is 0.435. The van der Waals surface area contributed by atoms with Gasteiger partial charge in [-0.15, -0.1) is 15.6 Å². The molecule has 0 radical (unpaired) electrons. The Bertz CT molecular complexity index is 1430. The third-order valence-electron chi connectivity index (χ3n) is 5.92. The fourth-order valence-corrected chi connectivity index (χ4v) is 4.83. The number of oxime groups is 1. The van der Waals surface area contributed by atoms with Gasteiger partial charge in [-0.2, -0.15) is 27.0 Å². The lowest BCUT2D eigenvalue weighted by Gasteiger charge is -2.50. The Morgan fingerprint density at radius 1 is 1.31 bits per heavy atom. The van der Waals surface area contributed by atoms with E-state index in [9.17, 15) is 18.0 Å². The van der Waals surface area contributed by atoms with Gasteiger partial charge in [0, 0.05) is 17.5 Å². The summed E-state index contributed by atoms with van der Waals surface area (Å²) in [5.74, 6) is -0.375. The molecule has 1 saturated heterocycles. The number of carbonyl (C=O) groups is 2. The number of anilines is 1. The van der Waals surface area contributed by atoms with Crippen molar-refractivity contribution in [2.24, 2.45) is 15.9 Å². The van der Waals surface area contributed by atoms with Gasteiger partial charge in [0.05, 0.1) is 18.1 Å². The third-order valence-corrected chi connectivity index (χ3v) is 6.93. The molecule has 2 aliphatic rings. The molecule has 16 nitrogen and oxygen atoms in total. The van der Waals surface area contributed by atoms with Crippen molar-refractivity contribution < 1.29 is 36.4 Å². The topological polar surface area (TPSA) is 233 Å². The molecule has 2 aliphatic heterocycles. The van der Waals surface area contributed by atoms with Crippen LogP contribution >= 0.6 is 24.8 Å². The number of nitrogens with two attached hydrogens (primary N) is 2. The maximum Gasteiger partial charge on any atom is 0.418 e. The molecule has 2 aromatic rings. The summed E-state index contributed by atoms with van der Waals surface area (Å²) in [5.41, 5.74) is 10.8. The zero-order valence-electron chi connectivity index (χ0n) is 21.9. The highest BCUT2D eigenvalue weighted by atomic mass is 32.3. The second-order valence-corrected chi connectivity index (χ2v) is 11.1. The molecule has 2 atom stereocenters. The largest absolute Gasteiger partial charge is 0.490 e. The number of thiazole rings is 1. The van der Waals surface area contributed by atoms with Crippen molar-refractivity contribution in [1.29, 1.82) is 0 Å². The number of amidine groups is 1. The molecule has 1 aromatic heterocycles. The van der Waals surface area contributed by atoms with Crippen LogP contribution in [0.1, 0.15) is 32.5 Å². The molecule has 3 heterocycles. The van der Waals surface area contributed by atoms with Crippen LogP contribution in [0.4, 0.5) is 5.13 Å². The van der Waals surface area contributed by atoms with Crippen molar-refractivity contribution in [2.75, 3.05) is 32.0 Å². The zero-order chi connectivity index (χ0) is 29.1. The molecule has 1 fully saturated rings. The predicted molar refractivity (Wildman–Crippen MR) is 161 cm³/mol. The molecular weight excluding hydrogens is 613 g/mol. The molecule has 7 N–H and O–H groups in total. The molecule has 42 heavy (non-hydrogen) atoms. The third kappa shape index (κ3) is 8.07. The number of β-lactam (4-membered cyclic amide) rings is 1. The number of nitrogen functional groups attached to an aromatic ring is 1. The first kappa shape index (κ1) is 34.7. The second kappa shape index (κ2) is 14.1. The van der Waals surface area contributed by atoms with E-state index in [0.717, 1.165) is 22.7 Å². The van der Waals surface area contributed by atoms with Gasteiger partial charge in [0.15, 0.2) is 17.5 Å². The summed E-state index contributed by atoms with van der Waals surface area (Å²) in [6, 6.07) is 6.22. The molecule has 0 aliphatic carbocycles. The second-order valence-electron chi connectivity index (χ2n) is 9.18. The van der Waals surface area contributed by atoms with Crippen LogP contribution in [0.3, 0.4) is 0 Å². The minimum Gasteiger partial charge on any atom is -0.490 e. The fourth-order valence-electron chi connectivity index (χ4n) is 3.83. The number of amides is 2. The van der Waals surface area contributed by atoms with Crippen LogP contribution in [-0.2, 0) is 29.1 Å². The summed E-state index contributed by atoms with van der Waals surface area (Å²) in [7, 11) is -4.94. The quantitative estimate of drug-likeness (QED) is 0.0663. The van der Waals surface area contributed by atoms with Gasteiger partial charge in [-0.3, -0.25) is 19.1 Å². The molecule has 2 amide bonds. The zero-order valence-corrected chi connectivity index (χ0v) is 24.6. The number of carbonyl (C=O) groups excluding carboxylic acids is 2. The molecule has 1 aromatic carbocycles. The van der Waals surface area contributed by atoms with Crippen LogP contribution in [0.15, 0.2) is 39.8 Å². The molecule has 4 rings (SSSR count). The number of nitrogens with one attached hydrogen (secondary N) is 2. The van der Waals surface area contributed by atoms with Crippen LogP contribution < -0.4 is 26.8 Å². The summed E-state index contributed by atoms with van der Waals surface area (Å²) in [4.78, 5) is 39.2. The van der Waals surface area contributed by atoms with Gasteiger partial charge in [-0.1, -0.05) is 12.6 Å². The first-order valence-electron chi connectivity index (χ1n) is 11.9. The summed E-state index contributed by atoms with van der Waals surface area (Å²) in [5, 5.41) is 11.7. The number of nitrogens with zero attached hydrogens (tertiary/aromatic N) is 4. The van der Waals surface area contributed by atoms with Crippen LogP contribution in [0.5, 0.6) is 5.75 Å². The molecule has 1 unspecified atom stereocenters. The number of aromatic nitrogens is 1. The Kier molecular flexibility index (Phi) is 11.7. The number of hydroxylamine groups is 2. The predicted octanol–water partition coefficient (Wildman–Crippen LogP) is -0.209. The van der Waals surface area contributed by atoms with E-state index in [1.807, 2.05) is 12.1 Å². The minimum atomic E-state index is -4.94. The van der Waals surface area contributed by atoms with E-state index in [1.165, 1.54) is 19.2 Å². The van der Waals surface area contributed by atoms with Crippen molar-refractivity contribution in [1.82, 2.24) is 20.7 Å². The van der Waals surface area contributed by atoms with Crippen LogP contribution in [0.25, 0.3) is 0 Å². The highest BCUT2D eigenvalue weighted by Gasteiger charge is 2.58. The lowest BCUT2D eigenvalue weighted by molar-refractivity contribution is -0.218. The Labute approximate surface area is 253 Å². The summed E-state index contributed by atoms with van der Waals surface area (Å²) >= 11 is 1.07. The SMILES string of the molecule is C.CC1(C)[C@H](NC(=O)/C(=N\OCCOc2ccc(C3=NCC(CN)N3)cc2)c2csc(N)n2)C(=O)N1OS(=O)(=O)O.S. The van der Waals surface area contributed by atoms with E-state index < -0.39 is 33.8 Å². The minimum absolute atomic E-state index is 0. The van der Waals surface area contributed by atoms with E-state index in [-0.39, 0.29) is 56.7 Å². The van der Waals surface area contributed by atoms with Gasteiger partial charge in [0.2, 0.25) is 0 Å². The Hall–Kier alpha value is -3.49. The van der Waals surface area contributed by atoms with Crippen molar-refractivity contribution in [3.63, 3.8) is 0 Å². The monoisotopic (exact) mass is 646 g/mol. The van der Waals surface area contributed by atoms with Crippen molar-refractivity contribution >= 4 is 63.7 Å². The molecule has 19 heteroatoms. The maximum absolute atomic E-state index is 13.0. The van der Waals surface area contributed by atoms with E-state index in [0.29, 0.717) is 23.9 Å². The highest BCUT2D eigenvalue weighted by Crippen LogP contribution is 2.33. The van der Waals surface area contributed by atoms with Gasteiger partial charge in [0.25, 0.3) is 11.8 Å². The number of hydrogen-bond donors (Lipinski definition) is 5. The normalized spacial score (nSPS) is 19.4. The Morgan fingerprint density at radius 2 is 2.00 bits per heavy atom. The standard InChI is InChI=1S/C22H28N8O8S2.CH4.H2S/c1-22(2)17(20(32)30(22)38-40(33,34)35)28-19(31)16(15-11-39-21(24)27-15)29-37-8-7-36-14-5-3-12(4-6-14)18-25-10-13(9-23)26-18;;/h3-6,11,13,17H,7-10,23H2,1-2H3,(H2,24,27)(H,25,26)(H,28,31)(H,33,34,35);1H4;1H2/b29-16-;;/t13?,17-;;/m1../s1. The lowest BCUT2D eigenvalue weighted by Crippen LogP contribution is -2.76. The summed E-state index contributed by atoms with van der Waals surface area (Å²) in [6.07, 6.45) is 0. The van der Waals surface area contributed by atoms with Crippen molar-refractivity contribution in [3.05, 3.63) is 40.9 Å². The van der Waals surface area contributed by atoms with Crippen LogP contribution in [0.2, 0.25) is 0 Å². The number of aliphatic imine (C=N–C) groups is 1. The first-order valence-corrected chi connectivity index (χ1v) is 14.1. The summed E-state index contributed by atoms with van der Waals surface area (Å²) in [6.45, 7) is 4.05. The van der Waals surface area contributed by atoms with Gasteiger partial charge in [-0.05, 0) is 38.1 Å². The van der Waals surface area contributed by atoms with E-state index in [1.54, 1.807) is 12.1 Å². The first-order chi connectivity index (χ1) is 18.9. The van der Waals surface area contributed by atoms with Gasteiger partial charge in [0.1, 0.15) is 29.9 Å². The van der Waals surface area contributed by atoms with Crippen molar-refractivity contribution in [2.45, 2.75) is 38.9 Å². The molecule has 0 bridgehead atoms. The van der Waals surface area contributed by atoms with E-state index >= 15 is 0 Å². The number of hydrogen-bond acceptors (Lipinski definition) is 14. The Balaban J connectivity index is 0.00000308. The highest BCUT2D eigenvalue weighted by molar-refractivity contribution is 7.80. The molecule has 232 valence electrons. The molecule has 0 spiro atoms. The van der Waals surface area contributed by atoms with E-state index in [2.05, 4.69) is 30.0 Å². The van der Waals surface area contributed by atoms with Crippen LogP contribution in [0, 0.1) is 0 Å². The summed E-state index contributed by atoms with van der Waals surface area (Å²) < 4.78 is 40.9. The van der Waals surface area contributed by atoms with Gasteiger partial charge < -0.3 is 31.7 Å². The molecule has 0 saturated carbocycles. The maximum atomic E-state index is 13.0. The average Bonchev–Trinajstić information content (AvgIpc) is 3.56. The Morgan fingerprint density at radius 3 is 2.55 bits per heavy atom. The number of rotatable bonds is 12. The smallest absolute Gasteiger partial charge is 0.418 e. The van der Waals surface area contributed by atoms with E-state index in [4.69, 9.17) is 25.6 Å². The number of ether oxygens (including phenoxy) is 1. The van der Waals surface area contributed by atoms with Crippen molar-refractivity contribution in [3.8, 4) is 5.75 Å². The van der Waals surface area contributed by atoms with Gasteiger partial charge in [-0.25, -0.2) is 4.98 Å². The number of benzene rings is 1. The van der Waals surface area contributed by atoms with Gasteiger partial charge >= 0.3 is 10.4 Å². The average molecular weight is 647 g/mol. The van der Waals surface area contributed by atoms with Crippen LogP contribution in [-0.4, -0.2) is 90.3 Å².